The molecule has 0 aromatic carbocycles. The van der Waals surface area contributed by atoms with Crippen LogP contribution in [-0.4, -0.2) is 18.5 Å². The van der Waals surface area contributed by atoms with Crippen LogP contribution in [0.3, 0.4) is 0 Å². The van der Waals surface area contributed by atoms with E-state index < -0.39 is 18.5 Å². The SMILES string of the molecule is C=COC(=O)COC(=O)C(=C)C. The first-order chi connectivity index (χ1) is 5.57. The second kappa shape index (κ2) is 5.12. The lowest BCUT2D eigenvalue weighted by Gasteiger charge is -2.01. The Bertz CT molecular complexity index is 217. The second-order valence-corrected chi connectivity index (χ2v) is 2.01. The molecule has 0 unspecified atom stereocenters. The van der Waals surface area contributed by atoms with Crippen LogP contribution in [-0.2, 0) is 19.1 Å². The van der Waals surface area contributed by atoms with E-state index in [0.717, 1.165) is 6.26 Å². The Kier molecular flexibility index (Phi) is 4.45. The van der Waals surface area contributed by atoms with E-state index in [2.05, 4.69) is 22.6 Å². The smallest absolute Gasteiger partial charge is 0.349 e. The molecule has 12 heavy (non-hydrogen) atoms. The Morgan fingerprint density at radius 1 is 1.50 bits per heavy atom. The van der Waals surface area contributed by atoms with Gasteiger partial charge in [-0.05, 0) is 6.92 Å². The maximum atomic E-state index is 10.7. The molecular weight excluding hydrogens is 160 g/mol. The highest BCUT2D eigenvalue weighted by molar-refractivity contribution is 5.88. The van der Waals surface area contributed by atoms with Crippen LogP contribution in [0.5, 0.6) is 0 Å². The van der Waals surface area contributed by atoms with Gasteiger partial charge in [-0.1, -0.05) is 13.2 Å². The van der Waals surface area contributed by atoms with E-state index in [4.69, 9.17) is 0 Å². The maximum Gasteiger partial charge on any atom is 0.349 e. The van der Waals surface area contributed by atoms with E-state index in [-0.39, 0.29) is 5.57 Å². The minimum Gasteiger partial charge on any atom is -0.450 e. The quantitative estimate of drug-likeness (QED) is 0.355. The number of hydrogen-bond acceptors (Lipinski definition) is 4. The summed E-state index contributed by atoms with van der Waals surface area (Å²) >= 11 is 0. The van der Waals surface area contributed by atoms with Crippen molar-refractivity contribution in [2.45, 2.75) is 6.92 Å². The fraction of sp³-hybridized carbons (Fsp3) is 0.250. The van der Waals surface area contributed by atoms with Gasteiger partial charge in [0.25, 0.3) is 0 Å². The average molecular weight is 170 g/mol. The number of hydrogen-bond donors (Lipinski definition) is 0. The molecule has 0 N–H and O–H groups in total. The van der Waals surface area contributed by atoms with E-state index in [0.29, 0.717) is 0 Å². The van der Waals surface area contributed by atoms with Crippen molar-refractivity contribution in [2.75, 3.05) is 6.61 Å². The van der Waals surface area contributed by atoms with Gasteiger partial charge >= 0.3 is 11.9 Å². The molecule has 0 amide bonds. The van der Waals surface area contributed by atoms with Crippen LogP contribution in [0, 0.1) is 0 Å². The molecule has 0 saturated carbocycles. The molecule has 0 rings (SSSR count). The van der Waals surface area contributed by atoms with Crippen LogP contribution in [0.2, 0.25) is 0 Å². The molecule has 0 aliphatic heterocycles. The fourth-order valence-corrected chi connectivity index (χ4v) is 0.375. The van der Waals surface area contributed by atoms with Crippen LogP contribution in [0.1, 0.15) is 6.92 Å². The van der Waals surface area contributed by atoms with Crippen molar-refractivity contribution < 1.29 is 19.1 Å². The highest BCUT2D eigenvalue weighted by Gasteiger charge is 2.07. The zero-order valence-corrected chi connectivity index (χ0v) is 6.83. The molecular formula is C8H10O4. The number of carbonyl (C=O) groups excluding carboxylic acids is 2. The molecule has 0 aliphatic rings. The molecule has 0 saturated heterocycles. The summed E-state index contributed by atoms with van der Waals surface area (Å²) in [6, 6.07) is 0. The summed E-state index contributed by atoms with van der Waals surface area (Å²) in [5, 5.41) is 0. The molecule has 0 aliphatic carbocycles. The van der Waals surface area contributed by atoms with Crippen molar-refractivity contribution >= 4 is 11.9 Å². The average Bonchev–Trinajstić information content (AvgIpc) is 2.00. The van der Waals surface area contributed by atoms with Crippen LogP contribution >= 0.6 is 0 Å². The van der Waals surface area contributed by atoms with Gasteiger partial charge in [-0.3, -0.25) is 0 Å². The van der Waals surface area contributed by atoms with Crippen molar-refractivity contribution in [1.29, 1.82) is 0 Å². The van der Waals surface area contributed by atoms with E-state index in [1.165, 1.54) is 6.92 Å². The van der Waals surface area contributed by atoms with E-state index in [9.17, 15) is 9.59 Å². The Balaban J connectivity index is 3.68. The van der Waals surface area contributed by atoms with Gasteiger partial charge in [-0.25, -0.2) is 9.59 Å². The lowest BCUT2D eigenvalue weighted by atomic mass is 10.4. The molecule has 4 heteroatoms. The molecule has 0 heterocycles. The Morgan fingerprint density at radius 3 is 2.50 bits per heavy atom. The minimum atomic E-state index is -0.667. The predicted molar refractivity (Wildman–Crippen MR) is 42.1 cm³/mol. The second-order valence-electron chi connectivity index (χ2n) is 2.01. The zero-order chi connectivity index (χ0) is 9.56. The third-order valence-electron chi connectivity index (χ3n) is 0.884. The van der Waals surface area contributed by atoms with Gasteiger partial charge in [0.2, 0.25) is 0 Å². The summed E-state index contributed by atoms with van der Waals surface area (Å²) < 4.78 is 8.75. The summed E-state index contributed by atoms with van der Waals surface area (Å²) in [5.74, 6) is -1.28. The van der Waals surface area contributed by atoms with Crippen LogP contribution in [0.4, 0.5) is 0 Å². The van der Waals surface area contributed by atoms with Crippen molar-refractivity contribution in [2.24, 2.45) is 0 Å². The lowest BCUT2D eigenvalue weighted by Crippen LogP contribution is -2.14. The summed E-state index contributed by atoms with van der Waals surface area (Å²) in [6.45, 7) is 7.56. The number of ether oxygens (including phenoxy) is 2. The topological polar surface area (TPSA) is 52.6 Å². The molecule has 0 fully saturated rings. The third kappa shape index (κ3) is 4.27. The predicted octanol–water partition coefficient (Wildman–Crippen LogP) is 0.792. The minimum absolute atomic E-state index is 0.237. The van der Waals surface area contributed by atoms with Gasteiger partial charge in [-0.15, -0.1) is 0 Å². The highest BCUT2D eigenvalue weighted by Crippen LogP contribution is 1.92. The molecule has 0 spiro atoms. The van der Waals surface area contributed by atoms with Crippen LogP contribution in [0.25, 0.3) is 0 Å². The summed E-state index contributed by atoms with van der Waals surface area (Å²) in [5.41, 5.74) is 0.237. The van der Waals surface area contributed by atoms with Crippen LogP contribution in [0.15, 0.2) is 25.0 Å². The molecule has 0 bridgehead atoms. The van der Waals surface area contributed by atoms with Gasteiger partial charge in [-0.2, -0.15) is 0 Å². The lowest BCUT2D eigenvalue weighted by molar-refractivity contribution is -0.152. The third-order valence-corrected chi connectivity index (χ3v) is 0.884. The van der Waals surface area contributed by atoms with Crippen molar-refractivity contribution in [3.63, 3.8) is 0 Å². The fourth-order valence-electron chi connectivity index (χ4n) is 0.375. The normalized spacial score (nSPS) is 8.42. The molecule has 0 atom stereocenters. The summed E-state index contributed by atoms with van der Waals surface area (Å²) in [6.07, 6.45) is 0.969. The Hall–Kier alpha value is -1.58. The van der Waals surface area contributed by atoms with Crippen molar-refractivity contribution in [3.05, 3.63) is 25.0 Å². The standard InChI is InChI=1S/C8H10O4/c1-4-11-7(9)5-12-8(10)6(2)3/h4H,1-2,5H2,3H3. The van der Waals surface area contributed by atoms with Gasteiger partial charge in [0, 0.05) is 5.57 Å². The number of esters is 2. The number of rotatable bonds is 4. The largest absolute Gasteiger partial charge is 0.450 e. The molecule has 0 radical (unpaired) electrons. The maximum absolute atomic E-state index is 10.7. The zero-order valence-electron chi connectivity index (χ0n) is 6.83. The first kappa shape index (κ1) is 10.4. The van der Waals surface area contributed by atoms with Crippen LogP contribution < -0.4 is 0 Å². The molecule has 0 aromatic rings. The van der Waals surface area contributed by atoms with E-state index >= 15 is 0 Å². The summed E-state index contributed by atoms with van der Waals surface area (Å²) in [7, 11) is 0. The van der Waals surface area contributed by atoms with Gasteiger partial charge in [0.15, 0.2) is 6.61 Å². The van der Waals surface area contributed by atoms with Gasteiger partial charge in [0.1, 0.15) is 0 Å². The van der Waals surface area contributed by atoms with Gasteiger partial charge in [0.05, 0.1) is 6.26 Å². The Labute approximate surface area is 70.5 Å². The van der Waals surface area contributed by atoms with Crippen molar-refractivity contribution in [3.8, 4) is 0 Å². The first-order valence-electron chi connectivity index (χ1n) is 3.21. The number of carbonyl (C=O) groups is 2. The monoisotopic (exact) mass is 170 g/mol. The molecule has 0 aromatic heterocycles. The van der Waals surface area contributed by atoms with E-state index in [1.807, 2.05) is 0 Å². The first-order valence-corrected chi connectivity index (χ1v) is 3.21. The van der Waals surface area contributed by atoms with Gasteiger partial charge < -0.3 is 9.47 Å². The Morgan fingerprint density at radius 2 is 2.08 bits per heavy atom. The van der Waals surface area contributed by atoms with E-state index in [1.54, 1.807) is 0 Å². The highest BCUT2D eigenvalue weighted by atomic mass is 16.6. The van der Waals surface area contributed by atoms with Crippen molar-refractivity contribution in [1.82, 2.24) is 0 Å². The summed E-state index contributed by atoms with van der Waals surface area (Å²) in [4.78, 5) is 21.3. The molecule has 4 nitrogen and oxygen atoms in total. The molecule has 66 valence electrons.